The maximum Gasteiger partial charge on any atom is 0.508 e. The molecule has 0 heterocycles. The number of hydrogen-bond acceptors (Lipinski definition) is 6. The molecular formula is C40H79NO5. The summed E-state index contributed by atoms with van der Waals surface area (Å²) in [6.45, 7) is 8.36. The fourth-order valence-electron chi connectivity index (χ4n) is 6.24. The van der Waals surface area contributed by atoms with Crippen LogP contribution in [0.15, 0.2) is 0 Å². The summed E-state index contributed by atoms with van der Waals surface area (Å²) in [5.74, 6) is 0.784. The van der Waals surface area contributed by atoms with Crippen LogP contribution in [0.3, 0.4) is 0 Å². The summed E-state index contributed by atoms with van der Waals surface area (Å²) < 4.78 is 16.5. The van der Waals surface area contributed by atoms with E-state index in [9.17, 15) is 9.59 Å². The third kappa shape index (κ3) is 32.6. The van der Waals surface area contributed by atoms with E-state index in [0.29, 0.717) is 26.1 Å². The van der Waals surface area contributed by atoms with Crippen LogP contribution in [0.2, 0.25) is 0 Å². The number of ether oxygens (including phenoxy) is 3. The Morgan fingerprint density at radius 2 is 0.957 bits per heavy atom. The highest BCUT2D eigenvalue weighted by atomic mass is 16.7. The smallest absolute Gasteiger partial charge is 0.466 e. The minimum atomic E-state index is -0.601. The van der Waals surface area contributed by atoms with E-state index in [0.717, 1.165) is 51.0 Å². The molecule has 0 aromatic heterocycles. The Morgan fingerprint density at radius 1 is 0.500 bits per heavy atom. The van der Waals surface area contributed by atoms with E-state index < -0.39 is 6.16 Å². The highest BCUT2D eigenvalue weighted by Gasteiger charge is 2.17. The van der Waals surface area contributed by atoms with Gasteiger partial charge in [0.25, 0.3) is 0 Å². The molecular weight excluding hydrogens is 574 g/mol. The lowest BCUT2D eigenvalue weighted by atomic mass is 9.90. The number of carbonyl (C=O) groups excluding carboxylic acids is 2. The van der Waals surface area contributed by atoms with Gasteiger partial charge in [0.1, 0.15) is 6.10 Å². The Morgan fingerprint density at radius 3 is 1.50 bits per heavy atom. The molecule has 274 valence electrons. The van der Waals surface area contributed by atoms with E-state index in [1.807, 2.05) is 14.1 Å². The zero-order chi connectivity index (χ0) is 33.9. The summed E-state index contributed by atoms with van der Waals surface area (Å²) in [5.41, 5.74) is 0. The fraction of sp³-hybridized carbons (Fsp3) is 0.950. The maximum absolute atomic E-state index is 12.4. The van der Waals surface area contributed by atoms with Crippen LogP contribution in [0.25, 0.3) is 0 Å². The highest BCUT2D eigenvalue weighted by Crippen LogP contribution is 2.24. The molecule has 0 aliphatic carbocycles. The van der Waals surface area contributed by atoms with E-state index >= 15 is 0 Å². The molecule has 0 N–H and O–H groups in total. The second-order valence-electron chi connectivity index (χ2n) is 14.1. The summed E-state index contributed by atoms with van der Waals surface area (Å²) >= 11 is 0. The summed E-state index contributed by atoms with van der Waals surface area (Å²) in [7, 11) is 4.01. The van der Waals surface area contributed by atoms with Gasteiger partial charge in [0.15, 0.2) is 0 Å². The molecule has 0 aromatic carbocycles. The largest absolute Gasteiger partial charge is 0.508 e. The van der Waals surface area contributed by atoms with Crippen molar-refractivity contribution in [2.24, 2.45) is 5.92 Å². The van der Waals surface area contributed by atoms with Crippen molar-refractivity contribution in [3.8, 4) is 0 Å². The monoisotopic (exact) mass is 654 g/mol. The molecule has 0 saturated carbocycles. The van der Waals surface area contributed by atoms with Gasteiger partial charge in [0.2, 0.25) is 0 Å². The lowest BCUT2D eigenvalue weighted by Crippen LogP contribution is -2.23. The van der Waals surface area contributed by atoms with Gasteiger partial charge in [-0.2, -0.15) is 0 Å². The lowest BCUT2D eigenvalue weighted by Gasteiger charge is -2.18. The SMILES string of the molecule is CCCCCCCCCCCCC(CCOC(=O)CCCCCCCC(CCCCC)CCCCC)OC(=O)OCCCN(C)C. The third-order valence-corrected chi connectivity index (χ3v) is 9.24. The predicted octanol–water partition coefficient (Wildman–Crippen LogP) is 12.2. The fourth-order valence-corrected chi connectivity index (χ4v) is 6.24. The Bertz CT molecular complexity index is 646. The van der Waals surface area contributed by atoms with Crippen molar-refractivity contribution in [1.29, 1.82) is 0 Å². The normalized spacial score (nSPS) is 12.2. The Hall–Kier alpha value is -1.30. The minimum Gasteiger partial charge on any atom is -0.466 e. The lowest BCUT2D eigenvalue weighted by molar-refractivity contribution is -0.144. The van der Waals surface area contributed by atoms with Gasteiger partial charge in [-0.1, -0.05) is 162 Å². The van der Waals surface area contributed by atoms with Crippen molar-refractivity contribution in [2.75, 3.05) is 33.9 Å². The first-order chi connectivity index (χ1) is 22.4. The van der Waals surface area contributed by atoms with Crippen LogP contribution in [0.4, 0.5) is 4.79 Å². The van der Waals surface area contributed by atoms with Crippen LogP contribution in [-0.4, -0.2) is 57.0 Å². The zero-order valence-corrected chi connectivity index (χ0v) is 31.6. The van der Waals surface area contributed by atoms with Crippen LogP contribution in [0, 0.1) is 5.92 Å². The van der Waals surface area contributed by atoms with Gasteiger partial charge >= 0.3 is 12.1 Å². The van der Waals surface area contributed by atoms with Crippen LogP contribution in [0.1, 0.15) is 201 Å². The van der Waals surface area contributed by atoms with Gasteiger partial charge in [-0.3, -0.25) is 4.79 Å². The molecule has 6 heteroatoms. The second-order valence-corrected chi connectivity index (χ2v) is 14.1. The van der Waals surface area contributed by atoms with Crippen molar-refractivity contribution in [2.45, 2.75) is 207 Å². The zero-order valence-electron chi connectivity index (χ0n) is 31.6. The standard InChI is InChI=1S/C40H79NO5/c1-6-9-12-13-14-15-16-17-20-25-31-38(46-40(43)45-35-27-34-41(4)5)33-36-44-39(42)32-26-21-18-19-24-30-37(28-22-10-7-2)29-23-11-8-3/h37-38H,6-36H2,1-5H3. The molecule has 1 unspecified atom stereocenters. The molecule has 1 atom stereocenters. The predicted molar refractivity (Wildman–Crippen MR) is 196 cm³/mol. The number of unbranched alkanes of at least 4 members (excludes halogenated alkanes) is 17. The third-order valence-electron chi connectivity index (χ3n) is 9.24. The topological polar surface area (TPSA) is 65.1 Å². The Labute approximate surface area is 286 Å². The quantitative estimate of drug-likeness (QED) is 0.0501. The van der Waals surface area contributed by atoms with Crippen LogP contribution < -0.4 is 0 Å². The van der Waals surface area contributed by atoms with E-state index in [1.54, 1.807) is 0 Å². The van der Waals surface area contributed by atoms with Gasteiger partial charge in [-0.05, 0) is 45.7 Å². The van der Waals surface area contributed by atoms with E-state index in [1.165, 1.54) is 128 Å². The summed E-state index contributed by atoms with van der Waals surface area (Å²) in [6.07, 6.45) is 32.5. The summed E-state index contributed by atoms with van der Waals surface area (Å²) in [5, 5.41) is 0. The average Bonchev–Trinajstić information content (AvgIpc) is 3.03. The number of hydrogen-bond donors (Lipinski definition) is 0. The molecule has 0 aliphatic rings. The molecule has 0 rings (SSSR count). The van der Waals surface area contributed by atoms with Crippen molar-refractivity contribution < 1.29 is 23.8 Å². The summed E-state index contributed by atoms with van der Waals surface area (Å²) in [4.78, 5) is 26.8. The number of esters is 1. The van der Waals surface area contributed by atoms with Crippen LogP contribution in [-0.2, 0) is 19.0 Å². The Balaban J connectivity index is 4.24. The van der Waals surface area contributed by atoms with Crippen molar-refractivity contribution in [1.82, 2.24) is 4.90 Å². The molecule has 46 heavy (non-hydrogen) atoms. The first kappa shape index (κ1) is 44.7. The molecule has 0 radical (unpaired) electrons. The molecule has 6 nitrogen and oxygen atoms in total. The molecule has 0 aromatic rings. The molecule has 0 fully saturated rings. The molecule has 0 bridgehead atoms. The average molecular weight is 654 g/mol. The van der Waals surface area contributed by atoms with Gasteiger partial charge in [0, 0.05) is 19.4 Å². The number of carbonyl (C=O) groups is 2. The van der Waals surface area contributed by atoms with Crippen molar-refractivity contribution in [3.05, 3.63) is 0 Å². The molecule has 0 aliphatic heterocycles. The number of nitrogens with zero attached hydrogens (tertiary/aromatic N) is 1. The Kier molecular flexibility index (Phi) is 34.0. The summed E-state index contributed by atoms with van der Waals surface area (Å²) in [6, 6.07) is 0. The highest BCUT2D eigenvalue weighted by molar-refractivity contribution is 5.69. The van der Waals surface area contributed by atoms with E-state index in [2.05, 4.69) is 25.7 Å². The molecule has 0 saturated heterocycles. The van der Waals surface area contributed by atoms with Gasteiger partial charge in [-0.25, -0.2) is 4.79 Å². The van der Waals surface area contributed by atoms with Crippen molar-refractivity contribution >= 4 is 12.1 Å². The van der Waals surface area contributed by atoms with Crippen LogP contribution >= 0.6 is 0 Å². The minimum absolute atomic E-state index is 0.129. The number of rotatable bonds is 35. The van der Waals surface area contributed by atoms with E-state index in [-0.39, 0.29) is 12.1 Å². The second kappa shape index (κ2) is 35.0. The van der Waals surface area contributed by atoms with Gasteiger partial charge in [-0.15, -0.1) is 0 Å². The van der Waals surface area contributed by atoms with Gasteiger partial charge < -0.3 is 19.1 Å². The van der Waals surface area contributed by atoms with E-state index in [4.69, 9.17) is 14.2 Å². The van der Waals surface area contributed by atoms with Gasteiger partial charge in [0.05, 0.1) is 13.2 Å². The molecule has 0 amide bonds. The molecule has 0 spiro atoms. The first-order valence-corrected chi connectivity index (χ1v) is 20.1. The maximum atomic E-state index is 12.4. The van der Waals surface area contributed by atoms with Crippen molar-refractivity contribution in [3.63, 3.8) is 0 Å². The van der Waals surface area contributed by atoms with Crippen LogP contribution in [0.5, 0.6) is 0 Å². The first-order valence-electron chi connectivity index (χ1n) is 20.1.